The summed E-state index contributed by atoms with van der Waals surface area (Å²) < 4.78 is 55.8. The molecule has 3 rings (SSSR count). The highest BCUT2D eigenvalue weighted by molar-refractivity contribution is 7.79. The Morgan fingerprint density at radius 2 is 0.727 bits per heavy atom. The Labute approximate surface area is 193 Å². The summed E-state index contributed by atoms with van der Waals surface area (Å²) in [5.74, 6) is 2.72. The molecule has 0 radical (unpaired) electrons. The fourth-order valence-corrected chi connectivity index (χ4v) is 5.65. The van der Waals surface area contributed by atoms with Crippen molar-refractivity contribution in [3.63, 3.8) is 0 Å². The topological polar surface area (TPSA) is 27.7 Å². The quantitative estimate of drug-likeness (QED) is 0.224. The van der Waals surface area contributed by atoms with E-state index in [1.165, 1.54) is 15.9 Å². The molecule has 0 aromatic heterocycles. The van der Waals surface area contributed by atoms with Gasteiger partial charge in [-0.1, -0.05) is 0 Å². The van der Waals surface area contributed by atoms with E-state index in [-0.39, 0.29) is 0 Å². The number of hydrogen-bond acceptors (Lipinski definition) is 3. The number of benzene rings is 3. The van der Waals surface area contributed by atoms with Crippen LogP contribution >= 0.6 is 7.92 Å². The number of ether oxygens (including phenoxy) is 3. The van der Waals surface area contributed by atoms with Crippen LogP contribution in [0.4, 0.5) is 17.3 Å². The second-order valence-corrected chi connectivity index (χ2v) is 9.22. The van der Waals surface area contributed by atoms with Crippen LogP contribution in [0.3, 0.4) is 0 Å². The van der Waals surface area contributed by atoms with Gasteiger partial charge in [-0.05, 0) is 93.6 Å². The second kappa shape index (κ2) is 13.1. The van der Waals surface area contributed by atoms with Crippen LogP contribution in [0, 0.1) is 0 Å². The summed E-state index contributed by atoms with van der Waals surface area (Å²) in [4.78, 5) is 0. The Morgan fingerprint density at radius 1 is 0.515 bits per heavy atom. The zero-order chi connectivity index (χ0) is 24.3. The van der Waals surface area contributed by atoms with Crippen molar-refractivity contribution in [2.24, 2.45) is 0 Å². The predicted molar refractivity (Wildman–Crippen MR) is 130 cm³/mol. The highest BCUT2D eigenvalue weighted by atomic mass is 31.1. The first-order valence-corrected chi connectivity index (χ1v) is 12.2. The van der Waals surface area contributed by atoms with Crippen LogP contribution in [-0.2, 0) is 0 Å². The van der Waals surface area contributed by atoms with Gasteiger partial charge in [0.2, 0.25) is 0 Å². The molecule has 3 aromatic rings. The van der Waals surface area contributed by atoms with Gasteiger partial charge in [0.15, 0.2) is 0 Å². The van der Waals surface area contributed by atoms with Crippen molar-refractivity contribution in [2.75, 3.05) is 19.8 Å². The first-order valence-electron chi connectivity index (χ1n) is 10.7. The molecule has 178 valence electrons. The summed E-state index contributed by atoms with van der Waals surface area (Å²) in [5.41, 5.74) is 0. The van der Waals surface area contributed by atoms with Crippen LogP contribution in [-0.4, -0.2) is 27.1 Å². The van der Waals surface area contributed by atoms with E-state index in [0.29, 0.717) is 19.8 Å². The molecule has 3 aromatic carbocycles. The van der Waals surface area contributed by atoms with Gasteiger partial charge in [0, 0.05) is 0 Å². The molecule has 0 N–H and O–H groups in total. The van der Waals surface area contributed by atoms with Gasteiger partial charge < -0.3 is 31.5 Å². The van der Waals surface area contributed by atoms with Crippen molar-refractivity contribution in [3.8, 4) is 17.2 Å². The molecule has 0 bridgehead atoms. The molecule has 0 fully saturated rings. The SMILES string of the molecule is CCOc1ccc([PH+](c2ccc(OCC)cc2)c2ccc(OCC)cc2)cc1.F[B-](F)(F)F. The standard InChI is InChI=1S/C24H27O3P.BF4/c1-4-25-19-7-13-22(14-8-19)28(23-15-9-20(10-16-23)26-5-2)24-17-11-21(12-18-24)27-6-3;2-1(3,4)5/h7-18H,4-6H2,1-3H3;/q;-1/p+1. The lowest BCUT2D eigenvalue weighted by atomic mass is 10.3. The fourth-order valence-electron chi connectivity index (χ4n) is 3.15. The largest absolute Gasteiger partial charge is 0.673 e. The Bertz CT molecular complexity index is 826. The predicted octanol–water partition coefficient (Wildman–Crippen LogP) is 5.67. The zero-order valence-corrected chi connectivity index (χ0v) is 19.9. The molecule has 0 unspecified atom stereocenters. The third-order valence-electron chi connectivity index (χ3n) is 4.36. The molecule has 0 aliphatic heterocycles. The fraction of sp³-hybridized carbons (Fsp3) is 0.250. The summed E-state index contributed by atoms with van der Waals surface area (Å²) in [6, 6.07) is 25.5. The molecule has 0 saturated heterocycles. The first-order chi connectivity index (χ1) is 15.7. The first kappa shape index (κ1) is 26.5. The van der Waals surface area contributed by atoms with Crippen molar-refractivity contribution in [1.29, 1.82) is 0 Å². The second-order valence-electron chi connectivity index (χ2n) is 6.74. The minimum Gasteiger partial charge on any atom is -0.494 e. The lowest BCUT2D eigenvalue weighted by Gasteiger charge is -2.13. The molecule has 0 heterocycles. The summed E-state index contributed by atoms with van der Waals surface area (Å²) in [5, 5.41) is 3.96. The van der Waals surface area contributed by atoms with Crippen LogP contribution in [0.2, 0.25) is 0 Å². The van der Waals surface area contributed by atoms with Crippen molar-refractivity contribution in [2.45, 2.75) is 20.8 Å². The van der Waals surface area contributed by atoms with Crippen molar-refractivity contribution in [1.82, 2.24) is 0 Å². The molecule has 0 amide bonds. The third-order valence-corrected chi connectivity index (χ3v) is 7.09. The highest BCUT2D eigenvalue weighted by Gasteiger charge is 2.26. The molecule has 33 heavy (non-hydrogen) atoms. The van der Waals surface area contributed by atoms with Gasteiger partial charge in [-0.2, -0.15) is 0 Å². The molecule has 3 nitrogen and oxygen atoms in total. The summed E-state index contributed by atoms with van der Waals surface area (Å²) in [6.07, 6.45) is 0. The highest BCUT2D eigenvalue weighted by Crippen LogP contribution is 2.34. The molecule has 0 aliphatic carbocycles. The average Bonchev–Trinajstić information content (AvgIpc) is 2.77. The van der Waals surface area contributed by atoms with Gasteiger partial charge in [-0.25, -0.2) is 0 Å². The maximum atomic E-state index is 9.75. The van der Waals surface area contributed by atoms with Gasteiger partial charge in [0.1, 0.15) is 33.2 Å². The third kappa shape index (κ3) is 9.35. The maximum absolute atomic E-state index is 9.75. The lowest BCUT2D eigenvalue weighted by Crippen LogP contribution is -2.20. The Hall–Kier alpha value is -2.73. The van der Waals surface area contributed by atoms with E-state index in [9.17, 15) is 17.3 Å². The van der Waals surface area contributed by atoms with E-state index in [0.717, 1.165) is 17.2 Å². The van der Waals surface area contributed by atoms with Crippen LogP contribution in [0.15, 0.2) is 72.8 Å². The summed E-state index contributed by atoms with van der Waals surface area (Å²) in [6.45, 7) is 8.04. The minimum atomic E-state index is -6.00. The Kier molecular flexibility index (Phi) is 10.5. The van der Waals surface area contributed by atoms with Gasteiger partial charge in [0.25, 0.3) is 0 Å². The molecule has 0 aliphatic rings. The maximum Gasteiger partial charge on any atom is 0.673 e. The van der Waals surface area contributed by atoms with Crippen LogP contribution in [0.5, 0.6) is 17.2 Å². The normalized spacial score (nSPS) is 10.9. The van der Waals surface area contributed by atoms with Crippen LogP contribution < -0.4 is 30.1 Å². The van der Waals surface area contributed by atoms with Crippen LogP contribution in [0.1, 0.15) is 20.8 Å². The lowest BCUT2D eigenvalue weighted by molar-refractivity contribution is 0.340. The molecular weight excluding hydrogens is 454 g/mol. The smallest absolute Gasteiger partial charge is 0.494 e. The van der Waals surface area contributed by atoms with E-state index < -0.39 is 15.2 Å². The van der Waals surface area contributed by atoms with E-state index in [1.54, 1.807) is 0 Å². The summed E-state index contributed by atoms with van der Waals surface area (Å²) in [7, 11) is -7.14. The van der Waals surface area contributed by atoms with Crippen molar-refractivity contribution >= 4 is 31.1 Å². The van der Waals surface area contributed by atoms with Gasteiger partial charge >= 0.3 is 7.25 Å². The number of halogens is 4. The van der Waals surface area contributed by atoms with Gasteiger partial charge in [-0.15, -0.1) is 0 Å². The molecule has 0 atom stereocenters. The zero-order valence-electron chi connectivity index (χ0n) is 18.9. The number of rotatable bonds is 9. The van der Waals surface area contributed by atoms with E-state index in [2.05, 4.69) is 72.8 Å². The molecule has 9 heteroatoms. The van der Waals surface area contributed by atoms with E-state index in [1.807, 2.05) is 20.8 Å². The Balaban J connectivity index is 0.000000696. The van der Waals surface area contributed by atoms with Crippen molar-refractivity contribution in [3.05, 3.63) is 72.8 Å². The molecule has 0 saturated carbocycles. The molecular formula is C24H28BF4O3P. The van der Waals surface area contributed by atoms with E-state index >= 15 is 0 Å². The van der Waals surface area contributed by atoms with Gasteiger partial charge in [-0.3, -0.25) is 0 Å². The monoisotopic (exact) mass is 482 g/mol. The summed E-state index contributed by atoms with van der Waals surface area (Å²) >= 11 is 0. The van der Waals surface area contributed by atoms with Gasteiger partial charge in [0.05, 0.1) is 27.7 Å². The Morgan fingerprint density at radius 3 is 0.909 bits per heavy atom. The van der Waals surface area contributed by atoms with Crippen molar-refractivity contribution < 1.29 is 31.5 Å². The average molecular weight is 482 g/mol. The van der Waals surface area contributed by atoms with Crippen LogP contribution in [0.25, 0.3) is 0 Å². The minimum absolute atomic E-state index is 0.676. The van der Waals surface area contributed by atoms with E-state index in [4.69, 9.17) is 14.2 Å². The number of hydrogen-bond donors (Lipinski definition) is 0. The molecule has 0 spiro atoms.